The highest BCUT2D eigenvalue weighted by atomic mass is 32.1. The second kappa shape index (κ2) is 5.84. The summed E-state index contributed by atoms with van der Waals surface area (Å²) in [5, 5.41) is 3.78. The van der Waals surface area contributed by atoms with Crippen LogP contribution in [0.5, 0.6) is 5.75 Å². The van der Waals surface area contributed by atoms with E-state index in [4.69, 9.17) is 4.74 Å². The van der Waals surface area contributed by atoms with Crippen molar-refractivity contribution in [3.8, 4) is 5.75 Å². The van der Waals surface area contributed by atoms with E-state index >= 15 is 0 Å². The highest BCUT2D eigenvalue weighted by Gasteiger charge is 2.13. The number of methoxy groups -OCH3 is 1. The number of benzene rings is 1. The number of aromatic nitrogens is 1. The minimum Gasteiger partial charge on any atom is -0.497 e. The van der Waals surface area contributed by atoms with Crippen molar-refractivity contribution in [2.45, 2.75) is 20.4 Å². The third-order valence-electron chi connectivity index (χ3n) is 2.73. The maximum Gasteiger partial charge on any atom is 0.271 e. The molecule has 5 heteroatoms. The Labute approximate surface area is 116 Å². The van der Waals surface area contributed by atoms with Crippen molar-refractivity contribution in [2.75, 3.05) is 7.11 Å². The molecule has 2 aromatic rings. The first kappa shape index (κ1) is 13.5. The van der Waals surface area contributed by atoms with Crippen molar-refractivity contribution in [2.24, 2.45) is 0 Å². The molecule has 2 rings (SSSR count). The summed E-state index contributed by atoms with van der Waals surface area (Å²) in [7, 11) is 1.63. The number of rotatable bonds is 4. The molecule has 0 radical (unpaired) electrons. The highest BCUT2D eigenvalue weighted by molar-refractivity contribution is 7.11. The molecule has 100 valence electrons. The number of amides is 1. The van der Waals surface area contributed by atoms with Crippen molar-refractivity contribution in [3.05, 3.63) is 45.4 Å². The Morgan fingerprint density at radius 1 is 1.32 bits per heavy atom. The maximum atomic E-state index is 12.0. The molecule has 0 saturated heterocycles. The van der Waals surface area contributed by atoms with Gasteiger partial charge in [-0.1, -0.05) is 12.1 Å². The molecule has 0 fully saturated rings. The van der Waals surface area contributed by atoms with Crippen LogP contribution in [-0.4, -0.2) is 18.0 Å². The van der Waals surface area contributed by atoms with Gasteiger partial charge in [-0.15, -0.1) is 11.3 Å². The molecule has 1 heterocycles. The summed E-state index contributed by atoms with van der Waals surface area (Å²) in [5.74, 6) is 0.679. The first-order valence-corrected chi connectivity index (χ1v) is 6.77. The fourth-order valence-corrected chi connectivity index (χ4v) is 2.56. The zero-order valence-electron chi connectivity index (χ0n) is 11.2. The second-order valence-electron chi connectivity index (χ2n) is 4.17. The van der Waals surface area contributed by atoms with Gasteiger partial charge in [0.1, 0.15) is 11.4 Å². The number of nitrogens with zero attached hydrogens (tertiary/aromatic N) is 1. The van der Waals surface area contributed by atoms with Gasteiger partial charge in [0, 0.05) is 11.4 Å². The molecule has 1 aromatic carbocycles. The molecule has 0 spiro atoms. The molecule has 0 unspecified atom stereocenters. The van der Waals surface area contributed by atoms with Gasteiger partial charge in [0.25, 0.3) is 5.91 Å². The maximum absolute atomic E-state index is 12.0. The summed E-state index contributed by atoms with van der Waals surface area (Å²) in [6, 6.07) is 7.61. The lowest BCUT2D eigenvalue weighted by Crippen LogP contribution is -2.23. The van der Waals surface area contributed by atoms with E-state index in [1.165, 1.54) is 11.3 Å². The number of carbonyl (C=O) groups is 1. The molecule has 0 atom stereocenters. The van der Waals surface area contributed by atoms with Crippen molar-refractivity contribution < 1.29 is 9.53 Å². The van der Waals surface area contributed by atoms with Crippen LogP contribution in [0.4, 0.5) is 0 Å². The Morgan fingerprint density at radius 3 is 2.53 bits per heavy atom. The Morgan fingerprint density at radius 2 is 2.00 bits per heavy atom. The van der Waals surface area contributed by atoms with Gasteiger partial charge in [0.05, 0.1) is 12.1 Å². The Bertz CT molecular complexity index is 576. The first-order chi connectivity index (χ1) is 9.10. The lowest BCUT2D eigenvalue weighted by atomic mass is 10.2. The van der Waals surface area contributed by atoms with Gasteiger partial charge in [0.15, 0.2) is 0 Å². The Hall–Kier alpha value is -1.88. The number of nitrogens with one attached hydrogen (secondary N) is 1. The van der Waals surface area contributed by atoms with Crippen molar-refractivity contribution in [1.29, 1.82) is 0 Å². The molecule has 0 aliphatic heterocycles. The van der Waals surface area contributed by atoms with Crippen molar-refractivity contribution >= 4 is 17.2 Å². The van der Waals surface area contributed by atoms with Crippen molar-refractivity contribution in [1.82, 2.24) is 10.3 Å². The van der Waals surface area contributed by atoms with Crippen LogP contribution in [0.15, 0.2) is 24.3 Å². The molecule has 0 aliphatic carbocycles. The number of hydrogen-bond donors (Lipinski definition) is 1. The number of thiazole rings is 1. The normalized spacial score (nSPS) is 10.3. The van der Waals surface area contributed by atoms with Gasteiger partial charge < -0.3 is 10.1 Å². The molecule has 0 bridgehead atoms. The number of carbonyl (C=O) groups excluding carboxylic acids is 1. The molecule has 1 amide bonds. The monoisotopic (exact) mass is 276 g/mol. The van der Waals surface area contributed by atoms with Gasteiger partial charge in [-0.25, -0.2) is 4.98 Å². The van der Waals surface area contributed by atoms with E-state index in [1.54, 1.807) is 7.11 Å². The standard InChI is InChI=1S/C14H16N2O2S/c1-9-13(16-10(2)19-9)14(17)15-8-11-4-6-12(18-3)7-5-11/h4-7H,8H2,1-3H3,(H,15,17). The minimum atomic E-state index is -0.127. The minimum absolute atomic E-state index is 0.127. The number of hydrogen-bond acceptors (Lipinski definition) is 4. The summed E-state index contributed by atoms with van der Waals surface area (Å²) in [6.45, 7) is 4.30. The predicted molar refractivity (Wildman–Crippen MR) is 75.8 cm³/mol. The van der Waals surface area contributed by atoms with Gasteiger partial charge >= 0.3 is 0 Å². The summed E-state index contributed by atoms with van der Waals surface area (Å²) in [5.41, 5.74) is 1.55. The van der Waals surface area contributed by atoms with Gasteiger partial charge in [-0.05, 0) is 31.5 Å². The molecule has 1 aromatic heterocycles. The summed E-state index contributed by atoms with van der Waals surface area (Å²) in [6.07, 6.45) is 0. The van der Waals surface area contributed by atoms with Gasteiger partial charge in [0.2, 0.25) is 0 Å². The molecule has 0 aliphatic rings. The van der Waals surface area contributed by atoms with E-state index in [0.29, 0.717) is 12.2 Å². The van der Waals surface area contributed by atoms with E-state index in [9.17, 15) is 4.79 Å². The second-order valence-corrected chi connectivity index (χ2v) is 5.58. The quantitative estimate of drug-likeness (QED) is 0.934. The van der Waals surface area contributed by atoms with Crippen LogP contribution < -0.4 is 10.1 Å². The van der Waals surface area contributed by atoms with Gasteiger partial charge in [-0.3, -0.25) is 4.79 Å². The van der Waals surface area contributed by atoms with Crippen LogP contribution in [0.3, 0.4) is 0 Å². The van der Waals surface area contributed by atoms with Crippen LogP contribution in [0.1, 0.15) is 25.9 Å². The number of aryl methyl sites for hydroxylation is 2. The zero-order valence-corrected chi connectivity index (χ0v) is 12.0. The third kappa shape index (κ3) is 3.32. The van der Waals surface area contributed by atoms with Crippen molar-refractivity contribution in [3.63, 3.8) is 0 Å². The Balaban J connectivity index is 1.98. The average molecular weight is 276 g/mol. The summed E-state index contributed by atoms with van der Waals surface area (Å²) >= 11 is 1.54. The van der Waals surface area contributed by atoms with E-state index < -0.39 is 0 Å². The van der Waals surface area contributed by atoms with Gasteiger partial charge in [-0.2, -0.15) is 0 Å². The smallest absolute Gasteiger partial charge is 0.271 e. The molecule has 4 nitrogen and oxygen atoms in total. The van der Waals surface area contributed by atoms with Crippen LogP contribution in [0.25, 0.3) is 0 Å². The Kier molecular flexibility index (Phi) is 4.16. The zero-order chi connectivity index (χ0) is 13.8. The van der Waals surface area contributed by atoms with Crippen LogP contribution in [-0.2, 0) is 6.54 Å². The SMILES string of the molecule is COc1ccc(CNC(=O)c2nc(C)sc2C)cc1. The van der Waals surface area contributed by atoms with E-state index in [1.807, 2.05) is 38.1 Å². The first-order valence-electron chi connectivity index (χ1n) is 5.95. The summed E-state index contributed by atoms with van der Waals surface area (Å²) < 4.78 is 5.09. The molecule has 1 N–H and O–H groups in total. The van der Waals surface area contributed by atoms with E-state index in [2.05, 4.69) is 10.3 Å². The third-order valence-corrected chi connectivity index (χ3v) is 3.62. The largest absolute Gasteiger partial charge is 0.497 e. The molecular formula is C14H16N2O2S. The van der Waals surface area contributed by atoms with E-state index in [0.717, 1.165) is 21.2 Å². The predicted octanol–water partition coefficient (Wildman–Crippen LogP) is 2.70. The lowest BCUT2D eigenvalue weighted by molar-refractivity contribution is 0.0946. The average Bonchev–Trinajstić information content (AvgIpc) is 2.75. The molecular weight excluding hydrogens is 260 g/mol. The van der Waals surface area contributed by atoms with Crippen LogP contribution in [0.2, 0.25) is 0 Å². The summed E-state index contributed by atoms with van der Waals surface area (Å²) in [4.78, 5) is 17.2. The molecule has 19 heavy (non-hydrogen) atoms. The topological polar surface area (TPSA) is 51.2 Å². The van der Waals surface area contributed by atoms with Crippen LogP contribution in [0, 0.1) is 13.8 Å². The number of ether oxygens (including phenoxy) is 1. The van der Waals surface area contributed by atoms with E-state index in [-0.39, 0.29) is 5.91 Å². The highest BCUT2D eigenvalue weighted by Crippen LogP contribution is 2.16. The lowest BCUT2D eigenvalue weighted by Gasteiger charge is -2.05. The fourth-order valence-electron chi connectivity index (χ4n) is 1.75. The van der Waals surface area contributed by atoms with Crippen LogP contribution >= 0.6 is 11.3 Å². The fraction of sp³-hybridized carbons (Fsp3) is 0.286. The molecule has 0 saturated carbocycles.